The standard InChI is InChI=1S/C13H16BrNO2/c14-9-10-1-3-11(4-2-10)12-5-7-15(8-6-12)13(16)17/h1-4,12H,5-9H2,(H,16,17). The van der Waals surface area contributed by atoms with Crippen molar-refractivity contribution < 1.29 is 9.90 Å². The molecule has 1 fully saturated rings. The number of hydrogen-bond acceptors (Lipinski definition) is 1. The first-order valence-electron chi connectivity index (χ1n) is 5.83. The molecule has 0 radical (unpaired) electrons. The fraction of sp³-hybridized carbons (Fsp3) is 0.462. The maximum Gasteiger partial charge on any atom is 0.407 e. The van der Waals surface area contributed by atoms with E-state index in [4.69, 9.17) is 5.11 Å². The lowest BCUT2D eigenvalue weighted by Gasteiger charge is -2.30. The molecule has 0 bridgehead atoms. The minimum absolute atomic E-state index is 0.509. The predicted octanol–water partition coefficient (Wildman–Crippen LogP) is 3.44. The average molecular weight is 298 g/mol. The SMILES string of the molecule is O=C(O)N1CCC(c2ccc(CBr)cc2)CC1. The Labute approximate surface area is 110 Å². The van der Waals surface area contributed by atoms with Gasteiger partial charge in [0.05, 0.1) is 0 Å². The molecular weight excluding hydrogens is 282 g/mol. The van der Waals surface area contributed by atoms with Gasteiger partial charge in [-0.05, 0) is 29.9 Å². The van der Waals surface area contributed by atoms with E-state index in [1.54, 1.807) is 0 Å². The Hall–Kier alpha value is -1.03. The molecule has 0 atom stereocenters. The zero-order valence-corrected chi connectivity index (χ0v) is 11.2. The second kappa shape index (κ2) is 5.54. The topological polar surface area (TPSA) is 40.5 Å². The number of carbonyl (C=O) groups is 1. The van der Waals surface area contributed by atoms with E-state index in [-0.39, 0.29) is 0 Å². The van der Waals surface area contributed by atoms with E-state index < -0.39 is 6.09 Å². The van der Waals surface area contributed by atoms with E-state index in [0.29, 0.717) is 19.0 Å². The summed E-state index contributed by atoms with van der Waals surface area (Å²) in [5, 5.41) is 9.76. The third-order valence-electron chi connectivity index (χ3n) is 3.37. The van der Waals surface area contributed by atoms with Gasteiger partial charge in [-0.1, -0.05) is 40.2 Å². The molecule has 1 N–H and O–H groups in total. The Kier molecular flexibility index (Phi) is 4.05. The van der Waals surface area contributed by atoms with Crippen LogP contribution in [-0.2, 0) is 5.33 Å². The summed E-state index contributed by atoms with van der Waals surface area (Å²) in [6.07, 6.45) is 1.07. The van der Waals surface area contributed by atoms with Gasteiger partial charge in [-0.15, -0.1) is 0 Å². The molecule has 2 rings (SSSR count). The number of nitrogens with zero attached hydrogens (tertiary/aromatic N) is 1. The van der Waals surface area contributed by atoms with Gasteiger partial charge in [0.2, 0.25) is 0 Å². The van der Waals surface area contributed by atoms with Crippen LogP contribution in [0.5, 0.6) is 0 Å². The molecule has 1 heterocycles. The molecule has 17 heavy (non-hydrogen) atoms. The number of halogens is 1. The summed E-state index contributed by atoms with van der Waals surface area (Å²) in [6.45, 7) is 1.31. The highest BCUT2D eigenvalue weighted by Gasteiger charge is 2.23. The van der Waals surface area contributed by atoms with Crippen LogP contribution in [0.25, 0.3) is 0 Å². The molecule has 92 valence electrons. The van der Waals surface area contributed by atoms with E-state index in [1.807, 2.05) is 0 Å². The van der Waals surface area contributed by atoms with Gasteiger partial charge in [0.1, 0.15) is 0 Å². The Balaban J connectivity index is 1.97. The molecule has 0 aromatic heterocycles. The van der Waals surface area contributed by atoms with Crippen LogP contribution in [0.2, 0.25) is 0 Å². The highest BCUT2D eigenvalue weighted by molar-refractivity contribution is 9.08. The fourth-order valence-electron chi connectivity index (χ4n) is 2.28. The first kappa shape index (κ1) is 12.4. The van der Waals surface area contributed by atoms with Crippen LogP contribution >= 0.6 is 15.9 Å². The molecule has 0 saturated carbocycles. The van der Waals surface area contributed by atoms with Gasteiger partial charge >= 0.3 is 6.09 Å². The van der Waals surface area contributed by atoms with Crippen molar-refractivity contribution >= 4 is 22.0 Å². The summed E-state index contributed by atoms with van der Waals surface area (Å²) < 4.78 is 0. The molecule has 1 aliphatic rings. The average Bonchev–Trinajstić information content (AvgIpc) is 2.39. The van der Waals surface area contributed by atoms with Crippen LogP contribution in [0.3, 0.4) is 0 Å². The van der Waals surface area contributed by atoms with Gasteiger partial charge in [-0.25, -0.2) is 4.79 Å². The van der Waals surface area contributed by atoms with Crippen molar-refractivity contribution in [3.8, 4) is 0 Å². The van der Waals surface area contributed by atoms with Gasteiger partial charge in [0.15, 0.2) is 0 Å². The number of piperidine rings is 1. The van der Waals surface area contributed by atoms with Crippen LogP contribution in [-0.4, -0.2) is 29.2 Å². The molecule has 1 aromatic carbocycles. The van der Waals surface area contributed by atoms with Crippen molar-refractivity contribution in [3.05, 3.63) is 35.4 Å². The number of amides is 1. The van der Waals surface area contributed by atoms with Crippen molar-refractivity contribution in [2.45, 2.75) is 24.1 Å². The molecule has 3 nitrogen and oxygen atoms in total. The highest BCUT2D eigenvalue weighted by atomic mass is 79.9. The number of alkyl halides is 1. The van der Waals surface area contributed by atoms with Crippen LogP contribution in [0, 0.1) is 0 Å². The van der Waals surface area contributed by atoms with Gasteiger partial charge < -0.3 is 10.0 Å². The number of rotatable bonds is 2. The van der Waals surface area contributed by atoms with Crippen LogP contribution in [0.15, 0.2) is 24.3 Å². The van der Waals surface area contributed by atoms with E-state index in [1.165, 1.54) is 16.0 Å². The van der Waals surface area contributed by atoms with Crippen LogP contribution in [0.4, 0.5) is 4.79 Å². The van der Waals surface area contributed by atoms with E-state index in [2.05, 4.69) is 40.2 Å². The van der Waals surface area contributed by atoms with Crippen molar-refractivity contribution in [2.24, 2.45) is 0 Å². The molecule has 1 amide bonds. The van der Waals surface area contributed by atoms with Crippen molar-refractivity contribution in [1.29, 1.82) is 0 Å². The molecule has 4 heteroatoms. The first-order chi connectivity index (χ1) is 8.20. The maximum atomic E-state index is 10.8. The summed E-state index contributed by atoms with van der Waals surface area (Å²) >= 11 is 3.43. The first-order valence-corrected chi connectivity index (χ1v) is 6.95. The minimum atomic E-state index is -0.793. The monoisotopic (exact) mass is 297 g/mol. The largest absolute Gasteiger partial charge is 0.465 e. The van der Waals surface area contributed by atoms with Gasteiger partial charge in [0.25, 0.3) is 0 Å². The normalized spacial score (nSPS) is 17.1. The fourth-order valence-corrected chi connectivity index (χ4v) is 2.66. The molecule has 1 saturated heterocycles. The number of hydrogen-bond donors (Lipinski definition) is 1. The van der Waals surface area contributed by atoms with E-state index >= 15 is 0 Å². The lowest BCUT2D eigenvalue weighted by atomic mass is 9.89. The van der Waals surface area contributed by atoms with Gasteiger partial charge in [-0.2, -0.15) is 0 Å². The quantitative estimate of drug-likeness (QED) is 0.850. The van der Waals surface area contributed by atoms with Crippen molar-refractivity contribution in [1.82, 2.24) is 4.90 Å². The summed E-state index contributed by atoms with van der Waals surface area (Å²) in [7, 11) is 0. The Morgan fingerprint density at radius 1 is 1.29 bits per heavy atom. The third-order valence-corrected chi connectivity index (χ3v) is 4.02. The summed E-state index contributed by atoms with van der Waals surface area (Å²) in [5.74, 6) is 0.509. The predicted molar refractivity (Wildman–Crippen MR) is 70.6 cm³/mol. The molecule has 0 spiro atoms. The third kappa shape index (κ3) is 3.00. The molecular formula is C13H16BrNO2. The second-order valence-electron chi connectivity index (χ2n) is 4.42. The number of carboxylic acid groups (broad SMARTS) is 1. The molecule has 1 aromatic rings. The number of benzene rings is 1. The van der Waals surface area contributed by atoms with Gasteiger partial charge in [0, 0.05) is 18.4 Å². The minimum Gasteiger partial charge on any atom is -0.465 e. The molecule has 0 unspecified atom stereocenters. The summed E-state index contributed by atoms with van der Waals surface area (Å²) in [4.78, 5) is 12.3. The lowest BCUT2D eigenvalue weighted by Crippen LogP contribution is -2.36. The molecule has 0 aliphatic carbocycles. The summed E-state index contributed by atoms with van der Waals surface area (Å²) in [5.41, 5.74) is 2.61. The Morgan fingerprint density at radius 2 is 1.88 bits per heavy atom. The van der Waals surface area contributed by atoms with E-state index in [9.17, 15) is 4.79 Å². The Bertz CT molecular complexity index is 383. The molecule has 1 aliphatic heterocycles. The van der Waals surface area contributed by atoms with Crippen molar-refractivity contribution in [3.63, 3.8) is 0 Å². The van der Waals surface area contributed by atoms with E-state index in [0.717, 1.165) is 18.2 Å². The summed E-state index contributed by atoms with van der Waals surface area (Å²) in [6, 6.07) is 8.59. The van der Waals surface area contributed by atoms with Crippen LogP contribution in [0.1, 0.15) is 29.9 Å². The van der Waals surface area contributed by atoms with Gasteiger partial charge in [-0.3, -0.25) is 0 Å². The Morgan fingerprint density at radius 3 is 2.35 bits per heavy atom. The smallest absolute Gasteiger partial charge is 0.407 e. The zero-order chi connectivity index (χ0) is 12.3. The second-order valence-corrected chi connectivity index (χ2v) is 4.98. The number of likely N-dealkylation sites (tertiary alicyclic amines) is 1. The zero-order valence-electron chi connectivity index (χ0n) is 9.60. The highest BCUT2D eigenvalue weighted by Crippen LogP contribution is 2.28. The maximum absolute atomic E-state index is 10.8. The lowest BCUT2D eigenvalue weighted by molar-refractivity contribution is 0.132. The van der Waals surface area contributed by atoms with Crippen LogP contribution < -0.4 is 0 Å². The van der Waals surface area contributed by atoms with Crippen molar-refractivity contribution in [2.75, 3.05) is 13.1 Å².